The molecule has 3 aromatic rings. The Kier molecular flexibility index (Phi) is 5.83. The summed E-state index contributed by atoms with van der Waals surface area (Å²) in [5, 5.41) is 0. The van der Waals surface area contributed by atoms with Crippen molar-refractivity contribution in [1.29, 1.82) is 0 Å². The summed E-state index contributed by atoms with van der Waals surface area (Å²) in [6.45, 7) is 9.85. The van der Waals surface area contributed by atoms with E-state index in [4.69, 9.17) is 0 Å². The molecule has 0 bridgehead atoms. The van der Waals surface area contributed by atoms with Gasteiger partial charge in [-0.25, -0.2) is 0 Å². The van der Waals surface area contributed by atoms with E-state index < -0.39 is 0 Å². The molecule has 2 heterocycles. The lowest BCUT2D eigenvalue weighted by molar-refractivity contribution is -0.120. The normalized spacial score (nSPS) is 13.5. The fourth-order valence-corrected chi connectivity index (χ4v) is 4.11. The minimum atomic E-state index is -0.243. The van der Waals surface area contributed by atoms with Gasteiger partial charge in [0.1, 0.15) is 11.6 Å². The number of nitrogens with zero attached hydrogens (tertiary/aromatic N) is 1. The van der Waals surface area contributed by atoms with E-state index in [1.54, 1.807) is 0 Å². The molecule has 0 saturated carbocycles. The zero-order chi connectivity index (χ0) is 20.4. The van der Waals surface area contributed by atoms with Crippen LogP contribution in [0.5, 0.6) is 0 Å². The van der Waals surface area contributed by atoms with Crippen molar-refractivity contribution in [2.24, 2.45) is 0 Å². The molecule has 0 N–H and O–H groups in total. The molecular formula is C25H29NO2. The smallest absolute Gasteiger partial charge is 0.141 e. The molecule has 0 aliphatic heterocycles. The molecule has 3 rings (SSSR count). The molecule has 28 heavy (non-hydrogen) atoms. The van der Waals surface area contributed by atoms with E-state index in [9.17, 15) is 9.59 Å². The highest BCUT2D eigenvalue weighted by molar-refractivity contribution is 5.95. The Morgan fingerprint density at radius 3 is 2.14 bits per heavy atom. The lowest BCUT2D eigenvalue weighted by Crippen LogP contribution is -2.12. The van der Waals surface area contributed by atoms with Crippen LogP contribution in [0.2, 0.25) is 0 Å². The van der Waals surface area contributed by atoms with Gasteiger partial charge in [-0.15, -0.1) is 0 Å². The number of hydrogen-bond acceptors (Lipinski definition) is 2. The Morgan fingerprint density at radius 1 is 0.929 bits per heavy atom. The number of Topliss-reactive ketones (excluding diaryl/α,β-unsaturated/α-hetero) is 2. The second-order valence-electron chi connectivity index (χ2n) is 7.58. The summed E-state index contributed by atoms with van der Waals surface area (Å²) in [6, 6.07) is 14.3. The molecule has 0 amide bonds. The first-order valence-electron chi connectivity index (χ1n) is 10.2. The lowest BCUT2D eigenvalue weighted by atomic mass is 9.86. The maximum absolute atomic E-state index is 12.7. The molecule has 3 heteroatoms. The largest absolute Gasteiger partial charge is 0.319 e. The molecule has 2 unspecified atom stereocenters. The number of ketones is 2. The Hall–Kier alpha value is -2.68. The van der Waals surface area contributed by atoms with Gasteiger partial charge in [-0.3, -0.25) is 9.59 Å². The van der Waals surface area contributed by atoms with Gasteiger partial charge in [-0.2, -0.15) is 0 Å². The Balaban J connectivity index is 2.46. The van der Waals surface area contributed by atoms with Crippen LogP contribution in [-0.4, -0.2) is 16.0 Å². The number of carbonyl (C=O) groups excluding carboxylic acids is 2. The predicted octanol–water partition coefficient (Wildman–Crippen LogP) is 6.08. The highest BCUT2D eigenvalue weighted by Gasteiger charge is 2.30. The van der Waals surface area contributed by atoms with Crippen LogP contribution in [0, 0.1) is 6.92 Å². The Labute approximate surface area is 167 Å². The highest BCUT2D eigenvalue weighted by Crippen LogP contribution is 2.42. The van der Waals surface area contributed by atoms with Gasteiger partial charge in [0.15, 0.2) is 0 Å². The van der Waals surface area contributed by atoms with E-state index in [0.717, 1.165) is 33.5 Å². The van der Waals surface area contributed by atoms with Gasteiger partial charge < -0.3 is 4.40 Å². The van der Waals surface area contributed by atoms with Crippen molar-refractivity contribution in [2.75, 3.05) is 0 Å². The third-order valence-electron chi connectivity index (χ3n) is 5.74. The summed E-state index contributed by atoms with van der Waals surface area (Å²) < 4.78 is 2.13. The number of benzene rings is 1. The van der Waals surface area contributed by atoms with Crippen molar-refractivity contribution in [2.45, 2.75) is 59.3 Å². The van der Waals surface area contributed by atoms with Crippen LogP contribution >= 0.6 is 0 Å². The van der Waals surface area contributed by atoms with Crippen LogP contribution in [0.15, 0.2) is 48.7 Å². The molecule has 0 aliphatic carbocycles. The highest BCUT2D eigenvalue weighted by atomic mass is 16.1. The summed E-state index contributed by atoms with van der Waals surface area (Å²) in [5.74, 6) is -0.0480. The van der Waals surface area contributed by atoms with E-state index in [1.165, 1.54) is 0 Å². The summed E-state index contributed by atoms with van der Waals surface area (Å²) in [4.78, 5) is 25.4. The van der Waals surface area contributed by atoms with E-state index in [2.05, 4.69) is 35.6 Å². The van der Waals surface area contributed by atoms with Crippen molar-refractivity contribution in [3.8, 4) is 11.1 Å². The lowest BCUT2D eigenvalue weighted by Gasteiger charge is -2.16. The number of hydrogen-bond donors (Lipinski definition) is 0. The Bertz CT molecular complexity index is 1010. The summed E-state index contributed by atoms with van der Waals surface area (Å²) >= 11 is 0. The second kappa shape index (κ2) is 8.14. The summed E-state index contributed by atoms with van der Waals surface area (Å²) in [6.07, 6.45) is 3.03. The number of rotatable bonds is 7. The van der Waals surface area contributed by atoms with Crippen LogP contribution in [0.25, 0.3) is 16.6 Å². The number of aromatic nitrogens is 1. The first kappa shape index (κ1) is 20.1. The van der Waals surface area contributed by atoms with Gasteiger partial charge in [0.25, 0.3) is 0 Å². The molecule has 146 valence electrons. The molecule has 0 aliphatic rings. The van der Waals surface area contributed by atoms with Crippen LogP contribution in [0.1, 0.15) is 69.2 Å². The van der Waals surface area contributed by atoms with Gasteiger partial charge >= 0.3 is 0 Å². The summed E-state index contributed by atoms with van der Waals surface area (Å²) in [7, 11) is 0. The third kappa shape index (κ3) is 3.42. The standard InChI is InChI=1S/C25H29NO2/c1-6-21(27)17(4)23-20-15-16(3)13-14-26(20)25(18(5)22(28)7-2)24(23)19-11-9-8-10-12-19/h8-15,17-18H,6-7H2,1-5H3. The number of carbonyl (C=O) groups is 2. The van der Waals surface area contributed by atoms with Gasteiger partial charge in [-0.05, 0) is 42.7 Å². The molecule has 0 fully saturated rings. The third-order valence-corrected chi connectivity index (χ3v) is 5.74. The molecule has 2 atom stereocenters. The average Bonchev–Trinajstić information content (AvgIpc) is 3.06. The minimum Gasteiger partial charge on any atom is -0.319 e. The van der Waals surface area contributed by atoms with Crippen molar-refractivity contribution in [1.82, 2.24) is 4.40 Å². The van der Waals surface area contributed by atoms with Crippen molar-refractivity contribution < 1.29 is 9.59 Å². The topological polar surface area (TPSA) is 38.5 Å². The molecular weight excluding hydrogens is 346 g/mol. The van der Waals surface area contributed by atoms with Crippen LogP contribution in [-0.2, 0) is 9.59 Å². The monoisotopic (exact) mass is 375 g/mol. The number of aryl methyl sites for hydroxylation is 1. The van der Waals surface area contributed by atoms with Gasteiger partial charge in [0, 0.05) is 36.2 Å². The molecule has 3 nitrogen and oxygen atoms in total. The zero-order valence-electron chi connectivity index (χ0n) is 17.5. The fraction of sp³-hybridized carbons (Fsp3) is 0.360. The van der Waals surface area contributed by atoms with E-state index >= 15 is 0 Å². The van der Waals surface area contributed by atoms with Crippen LogP contribution < -0.4 is 0 Å². The SMILES string of the molecule is CCC(=O)C(C)c1c(-c2ccccc2)c(C(C)C(=O)CC)n2ccc(C)cc12. The first-order valence-corrected chi connectivity index (χ1v) is 10.2. The number of pyridine rings is 1. The van der Waals surface area contributed by atoms with Gasteiger partial charge in [0.05, 0.1) is 11.4 Å². The quantitative estimate of drug-likeness (QED) is 0.502. The van der Waals surface area contributed by atoms with E-state index in [0.29, 0.717) is 12.8 Å². The number of fused-ring (bicyclic) bond motifs is 1. The Morgan fingerprint density at radius 2 is 1.54 bits per heavy atom. The minimum absolute atomic E-state index is 0.207. The molecule has 0 radical (unpaired) electrons. The first-order chi connectivity index (χ1) is 13.4. The predicted molar refractivity (Wildman–Crippen MR) is 115 cm³/mol. The van der Waals surface area contributed by atoms with Crippen molar-refractivity contribution in [3.05, 3.63) is 65.5 Å². The van der Waals surface area contributed by atoms with E-state index in [-0.39, 0.29) is 23.4 Å². The van der Waals surface area contributed by atoms with Gasteiger partial charge in [0.2, 0.25) is 0 Å². The van der Waals surface area contributed by atoms with E-state index in [1.807, 2.05) is 52.1 Å². The average molecular weight is 376 g/mol. The van der Waals surface area contributed by atoms with Crippen LogP contribution in [0.3, 0.4) is 0 Å². The molecule has 0 spiro atoms. The van der Waals surface area contributed by atoms with Gasteiger partial charge in [-0.1, -0.05) is 51.1 Å². The zero-order valence-corrected chi connectivity index (χ0v) is 17.5. The van der Waals surface area contributed by atoms with Crippen molar-refractivity contribution in [3.63, 3.8) is 0 Å². The summed E-state index contributed by atoms with van der Waals surface area (Å²) in [5.41, 5.74) is 6.28. The second-order valence-corrected chi connectivity index (χ2v) is 7.58. The molecule has 1 aromatic carbocycles. The molecule has 0 saturated heterocycles. The fourth-order valence-electron chi connectivity index (χ4n) is 4.11. The maximum Gasteiger partial charge on any atom is 0.141 e. The van der Waals surface area contributed by atoms with Crippen LogP contribution in [0.4, 0.5) is 0 Å². The molecule has 2 aromatic heterocycles. The maximum atomic E-state index is 12.7. The van der Waals surface area contributed by atoms with Crippen molar-refractivity contribution >= 4 is 17.1 Å².